The van der Waals surface area contributed by atoms with E-state index in [0.717, 1.165) is 13.2 Å². The van der Waals surface area contributed by atoms with Crippen LogP contribution in [0.3, 0.4) is 0 Å². The van der Waals surface area contributed by atoms with Crippen LogP contribution in [0.25, 0.3) is 0 Å². The molecule has 0 aromatic heterocycles. The molecular formula is C10H22N2O. The molecule has 13 heavy (non-hydrogen) atoms. The van der Waals surface area contributed by atoms with Gasteiger partial charge in [0.25, 0.3) is 0 Å². The highest BCUT2D eigenvalue weighted by Gasteiger charge is 2.27. The van der Waals surface area contributed by atoms with E-state index in [1.165, 1.54) is 25.9 Å². The van der Waals surface area contributed by atoms with Gasteiger partial charge in [0.1, 0.15) is 0 Å². The van der Waals surface area contributed by atoms with Crippen LogP contribution in [0.5, 0.6) is 0 Å². The van der Waals surface area contributed by atoms with Crippen LogP contribution in [0.1, 0.15) is 19.8 Å². The summed E-state index contributed by atoms with van der Waals surface area (Å²) in [4.78, 5) is 2.47. The van der Waals surface area contributed by atoms with E-state index in [0.29, 0.717) is 5.54 Å². The van der Waals surface area contributed by atoms with Crippen LogP contribution in [0.4, 0.5) is 0 Å². The lowest BCUT2D eigenvalue weighted by Gasteiger charge is -2.39. The maximum Gasteiger partial charge on any atom is 0.0589 e. The predicted molar refractivity (Wildman–Crippen MR) is 55.0 cm³/mol. The zero-order valence-electron chi connectivity index (χ0n) is 9.10. The number of nitrogens with zero attached hydrogens (tertiary/aromatic N) is 1. The summed E-state index contributed by atoms with van der Waals surface area (Å²) < 4.78 is 5.07. The smallest absolute Gasteiger partial charge is 0.0589 e. The molecule has 0 aliphatic carbocycles. The van der Waals surface area contributed by atoms with Crippen LogP contribution < -0.4 is 5.32 Å². The molecular weight excluding hydrogens is 164 g/mol. The summed E-state index contributed by atoms with van der Waals surface area (Å²) in [7, 11) is 3.83. The van der Waals surface area contributed by atoms with Crippen molar-refractivity contribution in [1.82, 2.24) is 10.2 Å². The number of rotatable bonds is 4. The summed E-state index contributed by atoms with van der Waals surface area (Å²) in [5.41, 5.74) is 0.365. The van der Waals surface area contributed by atoms with E-state index in [1.54, 1.807) is 7.11 Å². The van der Waals surface area contributed by atoms with Crippen molar-refractivity contribution in [1.29, 1.82) is 0 Å². The molecule has 1 rings (SSSR count). The molecule has 0 spiro atoms. The second-order valence-electron chi connectivity index (χ2n) is 4.15. The fourth-order valence-corrected chi connectivity index (χ4v) is 1.74. The third-order valence-corrected chi connectivity index (χ3v) is 3.17. The number of methoxy groups -OCH3 is 1. The Hall–Kier alpha value is -0.120. The van der Waals surface area contributed by atoms with Crippen molar-refractivity contribution in [2.24, 2.45) is 0 Å². The molecule has 0 aromatic carbocycles. The topological polar surface area (TPSA) is 24.5 Å². The van der Waals surface area contributed by atoms with Crippen molar-refractivity contribution in [3.8, 4) is 0 Å². The molecule has 0 saturated carbocycles. The minimum atomic E-state index is 0.365. The molecule has 0 bridgehead atoms. The largest absolute Gasteiger partial charge is 0.383 e. The van der Waals surface area contributed by atoms with Crippen molar-refractivity contribution >= 4 is 0 Å². The molecule has 78 valence electrons. The zero-order chi connectivity index (χ0) is 9.73. The van der Waals surface area contributed by atoms with Crippen molar-refractivity contribution in [3.05, 3.63) is 0 Å². The third kappa shape index (κ3) is 3.25. The van der Waals surface area contributed by atoms with Crippen molar-refractivity contribution in [2.45, 2.75) is 25.3 Å². The van der Waals surface area contributed by atoms with Crippen LogP contribution in [-0.2, 0) is 4.74 Å². The Bertz CT molecular complexity index is 142. The van der Waals surface area contributed by atoms with E-state index in [1.807, 2.05) is 0 Å². The number of hydrogen-bond donors (Lipinski definition) is 1. The van der Waals surface area contributed by atoms with Crippen molar-refractivity contribution in [3.63, 3.8) is 0 Å². The Kier molecular flexibility index (Phi) is 4.16. The molecule has 1 fully saturated rings. The van der Waals surface area contributed by atoms with E-state index in [4.69, 9.17) is 4.74 Å². The predicted octanol–water partition coefficient (Wildman–Crippen LogP) is 0.707. The first-order chi connectivity index (χ1) is 6.20. The molecule has 1 N–H and O–H groups in total. The van der Waals surface area contributed by atoms with Gasteiger partial charge in [0.15, 0.2) is 0 Å². The summed E-state index contributed by atoms with van der Waals surface area (Å²) in [5.74, 6) is 0. The van der Waals surface area contributed by atoms with E-state index in [2.05, 4.69) is 24.2 Å². The number of hydrogen-bond acceptors (Lipinski definition) is 3. The molecule has 0 radical (unpaired) electrons. The van der Waals surface area contributed by atoms with Gasteiger partial charge in [0.2, 0.25) is 0 Å². The summed E-state index contributed by atoms with van der Waals surface area (Å²) in [5, 5.41) is 3.40. The van der Waals surface area contributed by atoms with Gasteiger partial charge in [-0.05, 0) is 39.9 Å². The van der Waals surface area contributed by atoms with Crippen LogP contribution in [-0.4, -0.2) is 50.8 Å². The molecule has 0 atom stereocenters. The standard InChI is InChI=1S/C10H22N2O/c1-10(11-2)4-6-12(7-5-10)8-9-13-3/h11H,4-9H2,1-3H3. The van der Waals surface area contributed by atoms with Gasteiger partial charge >= 0.3 is 0 Å². The quantitative estimate of drug-likeness (QED) is 0.699. The molecule has 1 saturated heterocycles. The van der Waals surface area contributed by atoms with Crippen LogP contribution in [0.15, 0.2) is 0 Å². The minimum Gasteiger partial charge on any atom is -0.383 e. The average Bonchev–Trinajstić information content (AvgIpc) is 2.17. The van der Waals surface area contributed by atoms with Crippen LogP contribution >= 0.6 is 0 Å². The summed E-state index contributed by atoms with van der Waals surface area (Å²) in [6.07, 6.45) is 2.49. The molecule has 1 aliphatic heterocycles. The highest BCUT2D eigenvalue weighted by molar-refractivity contribution is 4.87. The lowest BCUT2D eigenvalue weighted by Crippen LogP contribution is -2.50. The van der Waals surface area contributed by atoms with Gasteiger partial charge in [0.05, 0.1) is 6.61 Å². The highest BCUT2D eigenvalue weighted by Crippen LogP contribution is 2.20. The molecule has 0 aromatic rings. The lowest BCUT2D eigenvalue weighted by atomic mass is 9.90. The Morgan fingerprint density at radius 2 is 2.00 bits per heavy atom. The molecule has 0 unspecified atom stereocenters. The van der Waals surface area contributed by atoms with E-state index < -0.39 is 0 Å². The molecule has 0 amide bonds. The highest BCUT2D eigenvalue weighted by atomic mass is 16.5. The molecule has 1 aliphatic rings. The maximum atomic E-state index is 5.07. The molecule has 3 heteroatoms. The van der Waals surface area contributed by atoms with Gasteiger partial charge < -0.3 is 15.0 Å². The van der Waals surface area contributed by atoms with Gasteiger partial charge in [0, 0.05) is 19.2 Å². The summed E-state index contributed by atoms with van der Waals surface area (Å²) in [6.45, 7) is 6.63. The second kappa shape index (κ2) is 4.94. The number of likely N-dealkylation sites (tertiary alicyclic amines) is 1. The average molecular weight is 186 g/mol. The number of piperidine rings is 1. The first-order valence-corrected chi connectivity index (χ1v) is 5.10. The first-order valence-electron chi connectivity index (χ1n) is 5.10. The van der Waals surface area contributed by atoms with Gasteiger partial charge in [-0.25, -0.2) is 0 Å². The monoisotopic (exact) mass is 186 g/mol. The summed E-state index contributed by atoms with van der Waals surface area (Å²) >= 11 is 0. The van der Waals surface area contributed by atoms with Gasteiger partial charge in [-0.15, -0.1) is 0 Å². The van der Waals surface area contributed by atoms with E-state index in [-0.39, 0.29) is 0 Å². The Labute approximate surface area is 81.4 Å². The van der Waals surface area contributed by atoms with Crippen molar-refractivity contribution in [2.75, 3.05) is 40.4 Å². The third-order valence-electron chi connectivity index (χ3n) is 3.17. The van der Waals surface area contributed by atoms with E-state index >= 15 is 0 Å². The SMILES string of the molecule is CNC1(C)CCN(CCOC)CC1. The Morgan fingerprint density at radius 3 is 2.46 bits per heavy atom. The van der Waals surface area contributed by atoms with Gasteiger partial charge in [-0.3, -0.25) is 0 Å². The van der Waals surface area contributed by atoms with E-state index in [9.17, 15) is 0 Å². The van der Waals surface area contributed by atoms with Crippen LogP contribution in [0, 0.1) is 0 Å². The minimum absolute atomic E-state index is 0.365. The van der Waals surface area contributed by atoms with Crippen LogP contribution in [0.2, 0.25) is 0 Å². The number of ether oxygens (including phenoxy) is 1. The Morgan fingerprint density at radius 1 is 1.38 bits per heavy atom. The summed E-state index contributed by atoms with van der Waals surface area (Å²) in [6, 6.07) is 0. The van der Waals surface area contributed by atoms with Crippen molar-refractivity contribution < 1.29 is 4.74 Å². The van der Waals surface area contributed by atoms with Gasteiger partial charge in [-0.1, -0.05) is 0 Å². The zero-order valence-corrected chi connectivity index (χ0v) is 9.10. The number of nitrogens with one attached hydrogen (secondary N) is 1. The fourth-order valence-electron chi connectivity index (χ4n) is 1.74. The second-order valence-corrected chi connectivity index (χ2v) is 4.15. The Balaban J connectivity index is 2.22. The fraction of sp³-hybridized carbons (Fsp3) is 1.00. The lowest BCUT2D eigenvalue weighted by molar-refractivity contribution is 0.107. The molecule has 1 heterocycles. The molecule has 3 nitrogen and oxygen atoms in total. The maximum absolute atomic E-state index is 5.07. The normalized spacial score (nSPS) is 23.3. The first kappa shape index (κ1) is 11.0. The van der Waals surface area contributed by atoms with Gasteiger partial charge in [-0.2, -0.15) is 0 Å².